The highest BCUT2D eigenvalue weighted by Gasteiger charge is 2.27. The number of rotatable bonds is 4. The second-order valence-electron chi connectivity index (χ2n) is 5.98. The normalized spacial score (nSPS) is 24.4. The fourth-order valence-electron chi connectivity index (χ4n) is 3.09. The lowest BCUT2D eigenvalue weighted by Gasteiger charge is -2.36. The average Bonchev–Trinajstić information content (AvgIpc) is 3.10. The molecule has 0 aromatic carbocycles. The number of thiophene rings is 1. The van der Waals surface area contributed by atoms with Gasteiger partial charge in [0.25, 0.3) is 0 Å². The molecular weight excluding hydrogens is 314 g/mol. The van der Waals surface area contributed by atoms with Crippen molar-refractivity contribution in [2.45, 2.75) is 19.0 Å². The summed E-state index contributed by atoms with van der Waals surface area (Å²) in [6, 6.07) is 4.58. The van der Waals surface area contributed by atoms with Gasteiger partial charge < -0.3 is 19.7 Å². The van der Waals surface area contributed by atoms with Gasteiger partial charge in [-0.25, -0.2) is 4.79 Å². The van der Waals surface area contributed by atoms with Crippen LogP contribution in [0.25, 0.3) is 0 Å². The van der Waals surface area contributed by atoms with Crippen molar-refractivity contribution in [1.82, 2.24) is 15.1 Å². The lowest BCUT2D eigenvalue weighted by atomic mass is 10.2. The first-order valence-electron chi connectivity index (χ1n) is 8.23. The van der Waals surface area contributed by atoms with Crippen LogP contribution in [0.2, 0.25) is 0 Å². The van der Waals surface area contributed by atoms with Gasteiger partial charge in [0.15, 0.2) is 0 Å². The molecule has 128 valence electrons. The van der Waals surface area contributed by atoms with E-state index in [9.17, 15) is 4.79 Å². The Kier molecular flexibility index (Phi) is 5.88. The minimum Gasteiger partial charge on any atom is -0.379 e. The Bertz CT molecular complexity index is 491. The van der Waals surface area contributed by atoms with Crippen molar-refractivity contribution in [2.75, 3.05) is 52.6 Å². The summed E-state index contributed by atoms with van der Waals surface area (Å²) in [5.41, 5.74) is 0. The molecular formula is C16H25N3O3S. The van der Waals surface area contributed by atoms with Crippen LogP contribution in [0.5, 0.6) is 0 Å². The van der Waals surface area contributed by atoms with Gasteiger partial charge in [-0.1, -0.05) is 6.07 Å². The van der Waals surface area contributed by atoms with Crippen molar-refractivity contribution in [3.63, 3.8) is 0 Å². The maximum atomic E-state index is 12.5. The van der Waals surface area contributed by atoms with Crippen LogP contribution in [0.15, 0.2) is 17.5 Å². The largest absolute Gasteiger partial charge is 0.379 e. The number of amides is 2. The molecule has 2 aliphatic heterocycles. The molecule has 2 atom stereocenters. The van der Waals surface area contributed by atoms with E-state index in [0.717, 1.165) is 26.3 Å². The van der Waals surface area contributed by atoms with Crippen LogP contribution in [0.4, 0.5) is 4.79 Å². The molecule has 1 aromatic heterocycles. The van der Waals surface area contributed by atoms with Gasteiger partial charge in [-0.05, 0) is 18.4 Å². The highest BCUT2D eigenvalue weighted by atomic mass is 32.1. The third-order valence-corrected chi connectivity index (χ3v) is 5.41. The molecule has 0 spiro atoms. The van der Waals surface area contributed by atoms with Gasteiger partial charge in [-0.15, -0.1) is 11.3 Å². The number of hydrogen-bond acceptors (Lipinski definition) is 5. The van der Waals surface area contributed by atoms with Crippen LogP contribution < -0.4 is 5.32 Å². The molecule has 1 aromatic rings. The predicted molar refractivity (Wildman–Crippen MR) is 89.8 cm³/mol. The number of morpholine rings is 2. The number of nitrogens with zero attached hydrogens (tertiary/aromatic N) is 2. The Balaban J connectivity index is 1.60. The van der Waals surface area contributed by atoms with Gasteiger partial charge in [0.1, 0.15) is 0 Å². The summed E-state index contributed by atoms with van der Waals surface area (Å²) in [5, 5.41) is 5.22. The maximum Gasteiger partial charge on any atom is 0.317 e. The molecule has 23 heavy (non-hydrogen) atoms. The van der Waals surface area contributed by atoms with Crippen molar-refractivity contribution in [2.24, 2.45) is 0 Å². The molecule has 2 aliphatic rings. The number of urea groups is 1. The van der Waals surface area contributed by atoms with E-state index in [2.05, 4.69) is 27.7 Å². The van der Waals surface area contributed by atoms with Crippen LogP contribution in [-0.4, -0.2) is 74.5 Å². The number of carbonyl (C=O) groups excluding carboxylic acids is 1. The Labute approximate surface area is 141 Å². The molecule has 0 unspecified atom stereocenters. The molecule has 0 radical (unpaired) electrons. The third kappa shape index (κ3) is 4.23. The molecule has 1 N–H and O–H groups in total. The van der Waals surface area contributed by atoms with Gasteiger partial charge in [0.05, 0.1) is 38.5 Å². The number of hydrogen-bond donors (Lipinski definition) is 1. The smallest absolute Gasteiger partial charge is 0.317 e. The number of carbonyl (C=O) groups is 1. The van der Waals surface area contributed by atoms with Gasteiger partial charge in [-0.3, -0.25) is 4.90 Å². The molecule has 7 heteroatoms. The first kappa shape index (κ1) is 16.7. The first-order chi connectivity index (χ1) is 11.3. The van der Waals surface area contributed by atoms with Crippen molar-refractivity contribution in [3.8, 4) is 0 Å². The van der Waals surface area contributed by atoms with E-state index in [1.807, 2.05) is 11.8 Å². The molecule has 0 bridgehead atoms. The average molecular weight is 339 g/mol. The van der Waals surface area contributed by atoms with Crippen molar-refractivity contribution in [3.05, 3.63) is 22.4 Å². The van der Waals surface area contributed by atoms with E-state index in [1.54, 1.807) is 11.3 Å². The zero-order chi connectivity index (χ0) is 16.1. The predicted octanol–water partition coefficient (Wildman–Crippen LogP) is 1.55. The van der Waals surface area contributed by atoms with Crippen LogP contribution in [0.1, 0.15) is 17.8 Å². The standard InChI is InChI=1S/C16H25N3O3S/c1-13-12-22-9-6-19(13)16(20)17-11-14(15-3-2-10-23-15)18-4-7-21-8-5-18/h2-3,10,13-14H,4-9,11-12H2,1H3,(H,17,20)/t13-,14-/m0/s1. The summed E-state index contributed by atoms with van der Waals surface area (Å²) in [6.45, 7) is 7.89. The fourth-order valence-corrected chi connectivity index (χ4v) is 3.95. The zero-order valence-corrected chi connectivity index (χ0v) is 14.4. The van der Waals surface area contributed by atoms with E-state index >= 15 is 0 Å². The molecule has 2 amide bonds. The summed E-state index contributed by atoms with van der Waals surface area (Å²) >= 11 is 1.75. The van der Waals surface area contributed by atoms with Crippen LogP contribution >= 0.6 is 11.3 Å². The summed E-state index contributed by atoms with van der Waals surface area (Å²) in [6.07, 6.45) is 0. The lowest BCUT2D eigenvalue weighted by Crippen LogP contribution is -2.52. The van der Waals surface area contributed by atoms with Crippen molar-refractivity contribution < 1.29 is 14.3 Å². The molecule has 2 saturated heterocycles. The minimum atomic E-state index is 0.00983. The topological polar surface area (TPSA) is 54.0 Å². The SMILES string of the molecule is C[C@H]1COCCN1C(=O)NC[C@@H](c1cccs1)N1CCOCC1. The quantitative estimate of drug-likeness (QED) is 0.904. The van der Waals surface area contributed by atoms with E-state index < -0.39 is 0 Å². The monoisotopic (exact) mass is 339 g/mol. The molecule has 3 heterocycles. The van der Waals surface area contributed by atoms with E-state index in [1.165, 1.54) is 4.88 Å². The second-order valence-corrected chi connectivity index (χ2v) is 6.96. The third-order valence-electron chi connectivity index (χ3n) is 4.43. The molecule has 6 nitrogen and oxygen atoms in total. The summed E-state index contributed by atoms with van der Waals surface area (Å²) in [4.78, 5) is 18.0. The van der Waals surface area contributed by atoms with E-state index in [0.29, 0.717) is 26.3 Å². The Morgan fingerprint density at radius 2 is 2.13 bits per heavy atom. The molecule has 2 fully saturated rings. The maximum absolute atomic E-state index is 12.5. The summed E-state index contributed by atoms with van der Waals surface area (Å²) in [5.74, 6) is 0. The first-order valence-corrected chi connectivity index (χ1v) is 9.11. The zero-order valence-electron chi connectivity index (χ0n) is 13.6. The highest BCUT2D eigenvalue weighted by molar-refractivity contribution is 7.10. The molecule has 0 aliphatic carbocycles. The van der Waals surface area contributed by atoms with Gasteiger partial charge in [0, 0.05) is 31.1 Å². The lowest BCUT2D eigenvalue weighted by molar-refractivity contribution is 0.0121. The number of nitrogens with one attached hydrogen (secondary N) is 1. The van der Waals surface area contributed by atoms with Crippen molar-refractivity contribution >= 4 is 17.4 Å². The fraction of sp³-hybridized carbons (Fsp3) is 0.688. The number of ether oxygens (including phenoxy) is 2. The van der Waals surface area contributed by atoms with Crippen LogP contribution in [-0.2, 0) is 9.47 Å². The minimum absolute atomic E-state index is 0.00983. The second kappa shape index (κ2) is 8.10. The van der Waals surface area contributed by atoms with Crippen LogP contribution in [0.3, 0.4) is 0 Å². The Morgan fingerprint density at radius 1 is 1.35 bits per heavy atom. The van der Waals surface area contributed by atoms with Gasteiger partial charge >= 0.3 is 6.03 Å². The van der Waals surface area contributed by atoms with Crippen molar-refractivity contribution in [1.29, 1.82) is 0 Å². The summed E-state index contributed by atoms with van der Waals surface area (Å²) in [7, 11) is 0. The van der Waals surface area contributed by atoms with Crippen LogP contribution in [0, 0.1) is 0 Å². The highest BCUT2D eigenvalue weighted by Crippen LogP contribution is 2.25. The Hall–Kier alpha value is -1.15. The van der Waals surface area contributed by atoms with Gasteiger partial charge in [0.2, 0.25) is 0 Å². The van der Waals surface area contributed by atoms with Gasteiger partial charge in [-0.2, -0.15) is 0 Å². The molecule has 3 rings (SSSR count). The summed E-state index contributed by atoms with van der Waals surface area (Å²) < 4.78 is 10.9. The Morgan fingerprint density at radius 3 is 2.83 bits per heavy atom. The van der Waals surface area contributed by atoms with E-state index in [4.69, 9.17) is 9.47 Å². The van der Waals surface area contributed by atoms with E-state index in [-0.39, 0.29) is 18.1 Å². The molecule has 0 saturated carbocycles.